The Balaban J connectivity index is 1.13. The Bertz CT molecular complexity index is 574. The maximum atomic E-state index is 13.0. The van der Waals surface area contributed by atoms with Crippen LogP contribution in [0.25, 0.3) is 0 Å². The van der Waals surface area contributed by atoms with Crippen LogP contribution in [-0.4, -0.2) is 62.0 Å². The molecule has 26 heavy (non-hydrogen) atoms. The number of benzene rings is 1. The van der Waals surface area contributed by atoms with E-state index < -0.39 is 6.10 Å². The lowest BCUT2D eigenvalue weighted by Crippen LogP contribution is -2.49. The van der Waals surface area contributed by atoms with Crippen LogP contribution in [0.1, 0.15) is 25.7 Å². The monoisotopic (exact) mass is 362 g/mol. The molecule has 2 saturated carbocycles. The van der Waals surface area contributed by atoms with Gasteiger partial charge in [-0.25, -0.2) is 4.39 Å². The standard InChI is InChI=1S/C21H31FN2O2/c22-19-3-5-20(6-4-19)24-9-7-23(8-10-24)13-21(25)15-26-14-18-12-16-1-2-17(18)11-16/h3-6,16-18,21,25H,1-2,7-15H2. The van der Waals surface area contributed by atoms with Gasteiger partial charge in [0.2, 0.25) is 0 Å². The predicted molar refractivity (Wildman–Crippen MR) is 101 cm³/mol. The molecule has 5 heteroatoms. The Morgan fingerprint density at radius 2 is 1.85 bits per heavy atom. The Morgan fingerprint density at radius 3 is 2.50 bits per heavy atom. The van der Waals surface area contributed by atoms with E-state index in [1.807, 2.05) is 12.1 Å². The Labute approximate surface area is 155 Å². The number of aliphatic hydroxyl groups is 1. The summed E-state index contributed by atoms with van der Waals surface area (Å²) in [7, 11) is 0. The van der Waals surface area contributed by atoms with Crippen molar-refractivity contribution in [2.75, 3.05) is 50.8 Å². The first-order chi connectivity index (χ1) is 12.7. The third-order valence-electron chi connectivity index (χ3n) is 6.56. The fourth-order valence-electron chi connectivity index (χ4n) is 5.13. The normalized spacial score (nSPS) is 30.1. The number of hydrogen-bond donors (Lipinski definition) is 1. The second kappa shape index (κ2) is 8.24. The molecular formula is C21H31FN2O2. The van der Waals surface area contributed by atoms with E-state index in [0.29, 0.717) is 13.2 Å². The summed E-state index contributed by atoms with van der Waals surface area (Å²) in [6, 6.07) is 6.70. The first-order valence-electron chi connectivity index (χ1n) is 10.2. The van der Waals surface area contributed by atoms with Crippen LogP contribution in [0.2, 0.25) is 0 Å². The van der Waals surface area contributed by atoms with Crippen molar-refractivity contribution in [3.8, 4) is 0 Å². The molecule has 1 N–H and O–H groups in total. The van der Waals surface area contributed by atoms with Gasteiger partial charge in [-0.15, -0.1) is 0 Å². The molecule has 1 heterocycles. The number of ether oxygens (including phenoxy) is 1. The van der Waals surface area contributed by atoms with Gasteiger partial charge in [-0.1, -0.05) is 6.42 Å². The van der Waals surface area contributed by atoms with Gasteiger partial charge in [0.25, 0.3) is 0 Å². The summed E-state index contributed by atoms with van der Waals surface area (Å²) in [6.45, 7) is 5.60. The summed E-state index contributed by atoms with van der Waals surface area (Å²) in [5, 5.41) is 10.3. The molecule has 1 aliphatic heterocycles. The maximum Gasteiger partial charge on any atom is 0.123 e. The molecule has 0 spiro atoms. The second-order valence-electron chi connectivity index (χ2n) is 8.39. The van der Waals surface area contributed by atoms with Crippen molar-refractivity contribution in [1.82, 2.24) is 4.90 Å². The van der Waals surface area contributed by atoms with Crippen LogP contribution in [-0.2, 0) is 4.74 Å². The van der Waals surface area contributed by atoms with Crippen molar-refractivity contribution in [2.24, 2.45) is 17.8 Å². The third-order valence-corrected chi connectivity index (χ3v) is 6.56. The quantitative estimate of drug-likeness (QED) is 0.809. The topological polar surface area (TPSA) is 35.9 Å². The van der Waals surface area contributed by atoms with Gasteiger partial charge in [0.15, 0.2) is 0 Å². The zero-order valence-corrected chi connectivity index (χ0v) is 15.5. The number of aliphatic hydroxyl groups excluding tert-OH is 1. The summed E-state index contributed by atoms with van der Waals surface area (Å²) in [5.41, 5.74) is 1.07. The SMILES string of the molecule is OC(COCC1CC2CCC1C2)CN1CCN(c2ccc(F)cc2)CC1. The van der Waals surface area contributed by atoms with E-state index in [1.165, 1.54) is 37.8 Å². The average molecular weight is 362 g/mol. The number of β-amino-alcohol motifs (C(OH)–C–C–N with tert-alkyl or cyclic N) is 1. The molecular weight excluding hydrogens is 331 g/mol. The van der Waals surface area contributed by atoms with Gasteiger partial charge in [-0.2, -0.15) is 0 Å². The number of nitrogens with zero attached hydrogens (tertiary/aromatic N) is 2. The predicted octanol–water partition coefficient (Wildman–Crippen LogP) is 2.76. The lowest BCUT2D eigenvalue weighted by molar-refractivity contribution is -0.00274. The smallest absolute Gasteiger partial charge is 0.123 e. The maximum absolute atomic E-state index is 13.0. The molecule has 4 atom stereocenters. The Morgan fingerprint density at radius 1 is 1.08 bits per heavy atom. The van der Waals surface area contributed by atoms with Crippen LogP contribution >= 0.6 is 0 Å². The zero-order chi connectivity index (χ0) is 17.9. The summed E-state index contributed by atoms with van der Waals surface area (Å²) in [4.78, 5) is 4.57. The van der Waals surface area contributed by atoms with Crippen LogP contribution in [0, 0.1) is 23.6 Å². The number of piperazine rings is 1. The number of halogens is 1. The summed E-state index contributed by atoms with van der Waals surface area (Å²) >= 11 is 0. The van der Waals surface area contributed by atoms with Crippen molar-refractivity contribution in [2.45, 2.75) is 31.8 Å². The molecule has 0 radical (unpaired) electrons. The van der Waals surface area contributed by atoms with Crippen LogP contribution in [0.15, 0.2) is 24.3 Å². The van der Waals surface area contributed by atoms with Crippen LogP contribution in [0.5, 0.6) is 0 Å². The minimum absolute atomic E-state index is 0.194. The van der Waals surface area contributed by atoms with Gasteiger partial charge in [0.1, 0.15) is 5.82 Å². The molecule has 1 aromatic rings. The molecule has 144 valence electrons. The van der Waals surface area contributed by atoms with Crippen molar-refractivity contribution >= 4 is 5.69 Å². The van der Waals surface area contributed by atoms with E-state index in [0.717, 1.165) is 56.2 Å². The molecule has 2 aliphatic carbocycles. The summed E-state index contributed by atoms with van der Waals surface area (Å²) in [5.74, 6) is 2.38. The molecule has 3 fully saturated rings. The first kappa shape index (κ1) is 18.2. The van der Waals surface area contributed by atoms with E-state index >= 15 is 0 Å². The molecule has 1 saturated heterocycles. The third kappa shape index (κ3) is 4.38. The number of anilines is 1. The van der Waals surface area contributed by atoms with Gasteiger partial charge in [-0.3, -0.25) is 4.90 Å². The van der Waals surface area contributed by atoms with Crippen LogP contribution in [0.3, 0.4) is 0 Å². The first-order valence-corrected chi connectivity index (χ1v) is 10.2. The van der Waals surface area contributed by atoms with Gasteiger partial charge in [0, 0.05) is 45.0 Å². The van der Waals surface area contributed by atoms with Gasteiger partial charge in [0.05, 0.1) is 12.7 Å². The van der Waals surface area contributed by atoms with E-state index in [4.69, 9.17) is 4.74 Å². The molecule has 4 nitrogen and oxygen atoms in total. The van der Waals surface area contributed by atoms with E-state index in [1.54, 1.807) is 0 Å². The fourth-order valence-corrected chi connectivity index (χ4v) is 5.13. The number of fused-ring (bicyclic) bond motifs is 2. The van der Waals surface area contributed by atoms with Gasteiger partial charge in [-0.05, 0) is 61.3 Å². The molecule has 1 aromatic carbocycles. The zero-order valence-electron chi connectivity index (χ0n) is 15.5. The van der Waals surface area contributed by atoms with E-state index in [2.05, 4.69) is 9.80 Å². The Kier molecular flexibility index (Phi) is 5.77. The highest BCUT2D eigenvalue weighted by molar-refractivity contribution is 5.46. The van der Waals surface area contributed by atoms with Crippen LogP contribution in [0.4, 0.5) is 10.1 Å². The molecule has 4 rings (SSSR count). The minimum atomic E-state index is -0.411. The van der Waals surface area contributed by atoms with Crippen molar-refractivity contribution in [3.05, 3.63) is 30.1 Å². The van der Waals surface area contributed by atoms with Crippen molar-refractivity contribution < 1.29 is 14.2 Å². The lowest BCUT2D eigenvalue weighted by Gasteiger charge is -2.37. The van der Waals surface area contributed by atoms with Gasteiger partial charge < -0.3 is 14.7 Å². The highest BCUT2D eigenvalue weighted by Crippen LogP contribution is 2.48. The van der Waals surface area contributed by atoms with Crippen molar-refractivity contribution in [3.63, 3.8) is 0 Å². The lowest BCUT2D eigenvalue weighted by atomic mass is 9.90. The molecule has 0 aromatic heterocycles. The van der Waals surface area contributed by atoms with E-state index in [-0.39, 0.29) is 5.82 Å². The summed E-state index contributed by atoms with van der Waals surface area (Å²) in [6.07, 6.45) is 5.15. The second-order valence-corrected chi connectivity index (χ2v) is 8.39. The molecule has 3 aliphatic rings. The number of hydrogen-bond acceptors (Lipinski definition) is 4. The average Bonchev–Trinajstić information content (AvgIpc) is 3.26. The molecule has 0 amide bonds. The highest BCUT2D eigenvalue weighted by Gasteiger charge is 2.39. The van der Waals surface area contributed by atoms with Crippen molar-refractivity contribution in [1.29, 1.82) is 0 Å². The summed E-state index contributed by atoms with van der Waals surface area (Å²) < 4.78 is 18.9. The Hall–Kier alpha value is -1.17. The van der Waals surface area contributed by atoms with E-state index in [9.17, 15) is 9.50 Å². The molecule has 4 unspecified atom stereocenters. The van der Waals surface area contributed by atoms with Crippen LogP contribution < -0.4 is 4.90 Å². The molecule has 2 bridgehead atoms. The fraction of sp³-hybridized carbons (Fsp3) is 0.714. The highest BCUT2D eigenvalue weighted by atomic mass is 19.1. The number of rotatable bonds is 7. The van der Waals surface area contributed by atoms with Gasteiger partial charge >= 0.3 is 0 Å². The largest absolute Gasteiger partial charge is 0.389 e. The minimum Gasteiger partial charge on any atom is -0.389 e.